The van der Waals surface area contributed by atoms with Gasteiger partial charge in [-0.2, -0.15) is 0 Å². The summed E-state index contributed by atoms with van der Waals surface area (Å²) in [5, 5.41) is 3.97. The zero-order valence-electron chi connectivity index (χ0n) is 12.5. The third kappa shape index (κ3) is 4.85. The molecule has 0 radical (unpaired) electrons. The predicted octanol–water partition coefficient (Wildman–Crippen LogP) is 2.66. The van der Waals surface area contributed by atoms with E-state index in [4.69, 9.17) is 16.3 Å². The highest BCUT2D eigenvalue weighted by Crippen LogP contribution is 2.27. The maximum absolute atomic E-state index is 12.2. The number of hydrogen-bond donors (Lipinski definition) is 1. The van der Waals surface area contributed by atoms with Crippen molar-refractivity contribution in [2.45, 2.75) is 18.9 Å². The second-order valence-electron chi connectivity index (χ2n) is 5.83. The minimum Gasteiger partial charge on any atom is -0.370 e. The molecule has 0 aromatic heterocycles. The molecule has 122 valence electrons. The Morgan fingerprint density at radius 3 is 2.73 bits per heavy atom. The number of carbonyl (C=O) groups excluding carboxylic acids is 1. The van der Waals surface area contributed by atoms with Crippen molar-refractivity contribution in [1.29, 1.82) is 0 Å². The van der Waals surface area contributed by atoms with Crippen molar-refractivity contribution in [2.24, 2.45) is 5.92 Å². The summed E-state index contributed by atoms with van der Waals surface area (Å²) in [6, 6.07) is 7.65. The fraction of sp³-hybridized carbons (Fsp3) is 0.562. The topological polar surface area (TPSA) is 41.6 Å². The molecular weight excluding hydrogens is 323 g/mol. The lowest BCUT2D eigenvalue weighted by molar-refractivity contribution is -0.138. The first-order valence-corrected chi connectivity index (χ1v) is 7.96. The molecule has 1 unspecified atom stereocenters. The van der Waals surface area contributed by atoms with E-state index < -0.39 is 0 Å². The Balaban J connectivity index is 0.00000176. The molecule has 2 aliphatic rings. The van der Waals surface area contributed by atoms with Gasteiger partial charge in [0.15, 0.2) is 0 Å². The molecule has 1 aliphatic heterocycles. The Morgan fingerprint density at radius 2 is 2.05 bits per heavy atom. The van der Waals surface area contributed by atoms with Crippen molar-refractivity contribution in [2.75, 3.05) is 32.8 Å². The quantitative estimate of drug-likeness (QED) is 0.892. The summed E-state index contributed by atoms with van der Waals surface area (Å²) in [7, 11) is 0. The molecule has 0 bridgehead atoms. The lowest BCUT2D eigenvalue weighted by Crippen LogP contribution is -2.46. The maximum Gasteiger partial charge on any atom is 0.236 e. The lowest BCUT2D eigenvalue weighted by atomic mass is 10.1. The number of nitrogens with one attached hydrogen (secondary N) is 1. The Labute approximate surface area is 142 Å². The first-order valence-electron chi connectivity index (χ1n) is 7.58. The van der Waals surface area contributed by atoms with E-state index in [9.17, 15) is 4.79 Å². The third-order valence-electron chi connectivity index (χ3n) is 4.07. The van der Waals surface area contributed by atoms with Gasteiger partial charge in [0.1, 0.15) is 6.10 Å². The highest BCUT2D eigenvalue weighted by molar-refractivity contribution is 6.30. The molecular formula is C16H22Cl2N2O2. The molecule has 1 aromatic rings. The summed E-state index contributed by atoms with van der Waals surface area (Å²) in [5.74, 6) is 0.960. The van der Waals surface area contributed by atoms with Crippen molar-refractivity contribution < 1.29 is 9.53 Å². The standard InChI is InChI=1S/C16H21ClN2O2.ClH/c17-14-5-3-13(4-6-14)15-11-19(7-8-21-15)16(20)10-18-9-12-1-2-12;/h3-6,12,15,18H,1-2,7-11H2;1H. The Kier molecular flexibility index (Phi) is 6.50. The van der Waals surface area contributed by atoms with Crippen LogP contribution in [-0.2, 0) is 9.53 Å². The molecule has 1 N–H and O–H groups in total. The maximum atomic E-state index is 12.2. The molecule has 1 saturated heterocycles. The van der Waals surface area contributed by atoms with E-state index in [0.717, 1.165) is 18.0 Å². The monoisotopic (exact) mass is 344 g/mol. The Morgan fingerprint density at radius 1 is 1.32 bits per heavy atom. The van der Waals surface area contributed by atoms with Gasteiger partial charge in [0, 0.05) is 11.6 Å². The average Bonchev–Trinajstić information content (AvgIpc) is 3.32. The van der Waals surface area contributed by atoms with Crippen LogP contribution in [0.5, 0.6) is 0 Å². The molecule has 4 nitrogen and oxygen atoms in total. The third-order valence-corrected chi connectivity index (χ3v) is 4.32. The number of nitrogens with zero attached hydrogens (tertiary/aromatic N) is 1. The molecule has 1 atom stereocenters. The van der Waals surface area contributed by atoms with Crippen molar-refractivity contribution in [3.8, 4) is 0 Å². The van der Waals surface area contributed by atoms with E-state index in [2.05, 4.69) is 5.32 Å². The van der Waals surface area contributed by atoms with Crippen molar-refractivity contribution in [3.63, 3.8) is 0 Å². The van der Waals surface area contributed by atoms with E-state index in [-0.39, 0.29) is 24.4 Å². The number of rotatable bonds is 5. The molecule has 1 saturated carbocycles. The molecule has 3 rings (SSSR count). The number of amides is 1. The minimum absolute atomic E-state index is 0. The summed E-state index contributed by atoms with van der Waals surface area (Å²) in [6.45, 7) is 3.28. The van der Waals surface area contributed by atoms with Gasteiger partial charge in [0.25, 0.3) is 0 Å². The van der Waals surface area contributed by atoms with E-state index in [1.807, 2.05) is 29.2 Å². The molecule has 0 spiro atoms. The van der Waals surface area contributed by atoms with Gasteiger partial charge in [-0.05, 0) is 43.0 Å². The van der Waals surface area contributed by atoms with Crippen molar-refractivity contribution in [1.82, 2.24) is 10.2 Å². The highest BCUT2D eigenvalue weighted by Gasteiger charge is 2.26. The van der Waals surface area contributed by atoms with Gasteiger partial charge in [0.05, 0.1) is 19.7 Å². The van der Waals surface area contributed by atoms with E-state index in [0.29, 0.717) is 31.3 Å². The second-order valence-corrected chi connectivity index (χ2v) is 6.26. The molecule has 2 fully saturated rings. The minimum atomic E-state index is -0.0524. The fourth-order valence-electron chi connectivity index (χ4n) is 2.57. The van der Waals surface area contributed by atoms with Gasteiger partial charge in [-0.3, -0.25) is 4.79 Å². The Bertz CT molecular complexity index is 491. The van der Waals surface area contributed by atoms with Crippen LogP contribution in [0.25, 0.3) is 0 Å². The lowest BCUT2D eigenvalue weighted by Gasteiger charge is -2.33. The molecule has 1 amide bonds. The van der Waals surface area contributed by atoms with Gasteiger partial charge >= 0.3 is 0 Å². The van der Waals surface area contributed by atoms with Gasteiger partial charge in [-0.1, -0.05) is 23.7 Å². The predicted molar refractivity (Wildman–Crippen MR) is 89.6 cm³/mol. The van der Waals surface area contributed by atoms with Gasteiger partial charge < -0.3 is 15.0 Å². The number of hydrogen-bond acceptors (Lipinski definition) is 3. The average molecular weight is 345 g/mol. The molecule has 1 aliphatic carbocycles. The first-order chi connectivity index (χ1) is 10.2. The Hall–Kier alpha value is -0.810. The second kappa shape index (κ2) is 8.16. The van der Waals surface area contributed by atoms with Crippen LogP contribution in [0.15, 0.2) is 24.3 Å². The molecule has 1 aromatic carbocycles. The van der Waals surface area contributed by atoms with E-state index in [1.54, 1.807) is 0 Å². The number of ether oxygens (including phenoxy) is 1. The summed E-state index contributed by atoms with van der Waals surface area (Å²) in [6.07, 6.45) is 2.55. The van der Waals surface area contributed by atoms with E-state index in [1.165, 1.54) is 12.8 Å². The zero-order valence-corrected chi connectivity index (χ0v) is 14.0. The smallest absolute Gasteiger partial charge is 0.236 e. The van der Waals surface area contributed by atoms with Crippen LogP contribution < -0.4 is 5.32 Å². The summed E-state index contributed by atoms with van der Waals surface area (Å²) >= 11 is 5.90. The highest BCUT2D eigenvalue weighted by atomic mass is 35.5. The largest absolute Gasteiger partial charge is 0.370 e. The van der Waals surface area contributed by atoms with Crippen LogP contribution in [0, 0.1) is 5.92 Å². The van der Waals surface area contributed by atoms with Crippen molar-refractivity contribution >= 4 is 29.9 Å². The van der Waals surface area contributed by atoms with Gasteiger partial charge in [-0.15, -0.1) is 12.4 Å². The number of benzene rings is 1. The molecule has 1 heterocycles. The number of halogens is 2. The number of carbonyl (C=O) groups is 1. The fourth-order valence-corrected chi connectivity index (χ4v) is 2.70. The zero-order chi connectivity index (χ0) is 14.7. The van der Waals surface area contributed by atoms with Crippen molar-refractivity contribution in [3.05, 3.63) is 34.9 Å². The molecule has 6 heteroatoms. The van der Waals surface area contributed by atoms with Crippen LogP contribution >= 0.6 is 24.0 Å². The van der Waals surface area contributed by atoms with Crippen LogP contribution in [0.4, 0.5) is 0 Å². The van der Waals surface area contributed by atoms with Crippen LogP contribution in [0.1, 0.15) is 24.5 Å². The summed E-state index contributed by atoms with van der Waals surface area (Å²) < 4.78 is 5.78. The van der Waals surface area contributed by atoms with Crippen LogP contribution in [0.3, 0.4) is 0 Å². The van der Waals surface area contributed by atoms with Gasteiger partial charge in [0.2, 0.25) is 5.91 Å². The van der Waals surface area contributed by atoms with E-state index >= 15 is 0 Å². The molecule has 22 heavy (non-hydrogen) atoms. The summed E-state index contributed by atoms with van der Waals surface area (Å²) in [5.41, 5.74) is 1.07. The van der Waals surface area contributed by atoms with Crippen LogP contribution in [0.2, 0.25) is 5.02 Å². The van der Waals surface area contributed by atoms with Gasteiger partial charge in [-0.25, -0.2) is 0 Å². The number of morpholine rings is 1. The normalized spacial score (nSPS) is 21.3. The van der Waals surface area contributed by atoms with Crippen LogP contribution in [-0.4, -0.2) is 43.6 Å². The SMILES string of the molecule is Cl.O=C(CNCC1CC1)N1CCOC(c2ccc(Cl)cc2)C1. The summed E-state index contributed by atoms with van der Waals surface area (Å²) in [4.78, 5) is 14.1. The first kappa shape index (κ1) is 17.5.